The van der Waals surface area contributed by atoms with Crippen LogP contribution in [-0.4, -0.2) is 48.0 Å². The van der Waals surface area contributed by atoms with E-state index < -0.39 is 5.91 Å². The van der Waals surface area contributed by atoms with Gasteiger partial charge in [-0.2, -0.15) is 0 Å². The number of carbonyl (C=O) groups is 2. The van der Waals surface area contributed by atoms with Crippen molar-refractivity contribution < 1.29 is 14.8 Å². The van der Waals surface area contributed by atoms with Crippen molar-refractivity contribution in [3.05, 3.63) is 113 Å². The summed E-state index contributed by atoms with van der Waals surface area (Å²) in [5, 5.41) is 8.58. The van der Waals surface area contributed by atoms with E-state index in [9.17, 15) is 9.59 Å². The highest BCUT2D eigenvalue weighted by atomic mass is 16.5. The fraction of sp³-hybridized carbons (Fsp3) is 0.172. The molecular formula is C29H29N3O3. The molecule has 1 amide bonds. The second kappa shape index (κ2) is 11.9. The number of hydroxylamine groups is 1. The molecule has 0 atom stereocenters. The van der Waals surface area contributed by atoms with E-state index in [1.807, 2.05) is 48.5 Å². The van der Waals surface area contributed by atoms with Crippen molar-refractivity contribution in [1.82, 2.24) is 10.4 Å². The highest BCUT2D eigenvalue weighted by Gasteiger charge is 2.17. The number of anilines is 1. The Morgan fingerprint density at radius 2 is 1.49 bits per heavy atom. The highest BCUT2D eigenvalue weighted by molar-refractivity contribution is 6.06. The Bertz CT molecular complexity index is 1210. The quantitative estimate of drug-likeness (QED) is 0.222. The Labute approximate surface area is 205 Å². The number of para-hydroxylation sites is 1. The third-order valence-corrected chi connectivity index (χ3v) is 5.99. The summed E-state index contributed by atoms with van der Waals surface area (Å²) < 4.78 is 0. The van der Waals surface area contributed by atoms with Gasteiger partial charge in [0, 0.05) is 50.1 Å². The molecule has 0 spiro atoms. The Balaban J connectivity index is 1.34. The van der Waals surface area contributed by atoms with Crippen molar-refractivity contribution in [2.45, 2.75) is 6.54 Å². The summed E-state index contributed by atoms with van der Waals surface area (Å²) in [6.07, 6.45) is 6.16. The molecule has 0 saturated carbocycles. The third kappa shape index (κ3) is 6.99. The summed E-state index contributed by atoms with van der Waals surface area (Å²) in [5.74, 6) is -0.652. The molecule has 0 aliphatic carbocycles. The van der Waals surface area contributed by atoms with E-state index in [-0.39, 0.29) is 5.78 Å². The number of amides is 1. The van der Waals surface area contributed by atoms with Crippen LogP contribution in [0.5, 0.6) is 0 Å². The fourth-order valence-electron chi connectivity index (χ4n) is 4.13. The van der Waals surface area contributed by atoms with Gasteiger partial charge in [0.2, 0.25) is 0 Å². The van der Waals surface area contributed by atoms with E-state index in [0.717, 1.165) is 49.4 Å². The molecular weight excluding hydrogens is 438 g/mol. The minimum absolute atomic E-state index is 0.0543. The van der Waals surface area contributed by atoms with Gasteiger partial charge in [0.05, 0.1) is 0 Å². The molecule has 178 valence electrons. The van der Waals surface area contributed by atoms with Crippen LogP contribution in [-0.2, 0) is 11.3 Å². The van der Waals surface area contributed by atoms with Gasteiger partial charge in [-0.15, -0.1) is 0 Å². The van der Waals surface area contributed by atoms with Gasteiger partial charge < -0.3 is 4.90 Å². The van der Waals surface area contributed by atoms with Crippen molar-refractivity contribution in [1.29, 1.82) is 0 Å². The van der Waals surface area contributed by atoms with Crippen LogP contribution in [0.25, 0.3) is 12.2 Å². The van der Waals surface area contributed by atoms with E-state index in [2.05, 4.69) is 40.1 Å². The maximum absolute atomic E-state index is 12.8. The number of ketones is 1. The number of rotatable bonds is 8. The molecule has 2 N–H and O–H groups in total. The number of hydrogen-bond donors (Lipinski definition) is 2. The maximum Gasteiger partial charge on any atom is 0.267 e. The lowest BCUT2D eigenvalue weighted by Crippen LogP contribution is -2.45. The molecule has 1 aliphatic rings. The average Bonchev–Trinajstić information content (AvgIpc) is 2.91. The van der Waals surface area contributed by atoms with Crippen LogP contribution < -0.4 is 10.4 Å². The summed E-state index contributed by atoms with van der Waals surface area (Å²) in [6.45, 7) is 4.77. The zero-order valence-electron chi connectivity index (χ0n) is 19.5. The number of hydrogen-bond acceptors (Lipinski definition) is 5. The molecule has 35 heavy (non-hydrogen) atoms. The maximum atomic E-state index is 12.8. The Hall–Kier alpha value is -4.00. The van der Waals surface area contributed by atoms with Crippen LogP contribution in [0.2, 0.25) is 0 Å². The smallest absolute Gasteiger partial charge is 0.267 e. The molecule has 3 aromatic carbocycles. The second-order valence-corrected chi connectivity index (χ2v) is 8.48. The molecule has 6 heteroatoms. The molecule has 0 aromatic heterocycles. The number of allylic oxidation sites excluding steroid dienone is 1. The zero-order chi connectivity index (χ0) is 24.5. The summed E-state index contributed by atoms with van der Waals surface area (Å²) >= 11 is 0. The second-order valence-electron chi connectivity index (χ2n) is 8.48. The molecule has 1 aliphatic heterocycles. The van der Waals surface area contributed by atoms with Crippen molar-refractivity contribution in [2.24, 2.45) is 0 Å². The largest absolute Gasteiger partial charge is 0.369 e. The van der Waals surface area contributed by atoms with Gasteiger partial charge in [-0.1, -0.05) is 60.7 Å². The van der Waals surface area contributed by atoms with Crippen molar-refractivity contribution >= 4 is 29.5 Å². The van der Waals surface area contributed by atoms with Gasteiger partial charge in [0.1, 0.15) is 0 Å². The zero-order valence-corrected chi connectivity index (χ0v) is 19.5. The highest BCUT2D eigenvalue weighted by Crippen LogP contribution is 2.18. The lowest BCUT2D eigenvalue weighted by molar-refractivity contribution is -0.124. The molecule has 0 radical (unpaired) electrons. The van der Waals surface area contributed by atoms with Crippen LogP contribution in [0.15, 0.2) is 91.0 Å². The predicted molar refractivity (Wildman–Crippen MR) is 139 cm³/mol. The summed E-state index contributed by atoms with van der Waals surface area (Å²) in [5.41, 5.74) is 6.25. The minimum Gasteiger partial charge on any atom is -0.369 e. The van der Waals surface area contributed by atoms with Gasteiger partial charge in [-0.05, 0) is 53.1 Å². The molecule has 1 saturated heterocycles. The Kier molecular flexibility index (Phi) is 8.22. The first kappa shape index (κ1) is 24.1. The predicted octanol–water partition coefficient (Wildman–Crippen LogP) is 4.42. The lowest BCUT2D eigenvalue weighted by atomic mass is 10.0. The monoisotopic (exact) mass is 467 g/mol. The van der Waals surface area contributed by atoms with Gasteiger partial charge in [-0.25, -0.2) is 5.48 Å². The normalized spacial score (nSPS) is 14.5. The number of benzene rings is 3. The summed E-state index contributed by atoms with van der Waals surface area (Å²) in [7, 11) is 0. The topological polar surface area (TPSA) is 72.9 Å². The number of nitrogens with one attached hydrogen (secondary N) is 1. The van der Waals surface area contributed by atoms with Crippen molar-refractivity contribution in [3.63, 3.8) is 0 Å². The molecule has 3 aromatic rings. The Morgan fingerprint density at radius 1 is 0.800 bits per heavy atom. The van der Waals surface area contributed by atoms with Gasteiger partial charge in [-0.3, -0.25) is 19.7 Å². The first-order valence-electron chi connectivity index (χ1n) is 11.7. The Morgan fingerprint density at radius 3 is 2.20 bits per heavy atom. The molecule has 1 fully saturated rings. The summed E-state index contributed by atoms with van der Waals surface area (Å²) in [6, 6.07) is 25.8. The SMILES string of the molecule is O=C(/C=C/c1cccc(/C=C/C(=O)c2cccc(CN3CCN(c4ccccc4)CC3)c2)c1)NO. The number of piperazine rings is 1. The van der Waals surface area contributed by atoms with E-state index in [4.69, 9.17) is 5.21 Å². The minimum atomic E-state index is -0.598. The molecule has 0 bridgehead atoms. The van der Waals surface area contributed by atoms with Gasteiger partial charge in [0.25, 0.3) is 5.91 Å². The van der Waals surface area contributed by atoms with Crippen LogP contribution in [0.1, 0.15) is 27.0 Å². The van der Waals surface area contributed by atoms with Gasteiger partial charge in [0.15, 0.2) is 5.78 Å². The number of nitrogens with zero attached hydrogens (tertiary/aromatic N) is 2. The van der Waals surface area contributed by atoms with Crippen LogP contribution in [0.3, 0.4) is 0 Å². The fourth-order valence-corrected chi connectivity index (χ4v) is 4.13. The molecule has 6 nitrogen and oxygen atoms in total. The van der Waals surface area contributed by atoms with E-state index in [1.54, 1.807) is 23.7 Å². The van der Waals surface area contributed by atoms with Crippen LogP contribution in [0.4, 0.5) is 5.69 Å². The van der Waals surface area contributed by atoms with E-state index in [0.29, 0.717) is 5.56 Å². The van der Waals surface area contributed by atoms with Crippen LogP contribution in [0, 0.1) is 0 Å². The molecule has 4 rings (SSSR count). The van der Waals surface area contributed by atoms with E-state index in [1.165, 1.54) is 11.8 Å². The average molecular weight is 468 g/mol. The van der Waals surface area contributed by atoms with Crippen LogP contribution >= 0.6 is 0 Å². The first-order valence-corrected chi connectivity index (χ1v) is 11.7. The lowest BCUT2D eigenvalue weighted by Gasteiger charge is -2.36. The first-order chi connectivity index (χ1) is 17.1. The standard InChI is InChI=1S/C29H29N3O3/c33-28(14-12-23-6-4-7-24(20-23)13-15-29(34)30-35)26-9-5-8-25(21-26)22-31-16-18-32(19-17-31)27-10-2-1-3-11-27/h1-15,20-21,35H,16-19,22H2,(H,30,34)/b14-12+,15-13+. The molecule has 0 unspecified atom stereocenters. The molecule has 1 heterocycles. The van der Waals surface area contributed by atoms with Crippen molar-refractivity contribution in [3.8, 4) is 0 Å². The van der Waals surface area contributed by atoms with Gasteiger partial charge >= 0.3 is 0 Å². The van der Waals surface area contributed by atoms with Crippen molar-refractivity contribution in [2.75, 3.05) is 31.1 Å². The third-order valence-electron chi connectivity index (χ3n) is 5.99. The number of carbonyl (C=O) groups excluding carboxylic acids is 2. The van der Waals surface area contributed by atoms with E-state index >= 15 is 0 Å². The summed E-state index contributed by atoms with van der Waals surface area (Å²) in [4.78, 5) is 28.8.